The van der Waals surface area contributed by atoms with E-state index in [0.29, 0.717) is 5.69 Å². The molecule has 7 nitrogen and oxygen atoms in total. The highest BCUT2D eigenvalue weighted by Crippen LogP contribution is 2.13. The monoisotopic (exact) mass is 374 g/mol. The van der Waals surface area contributed by atoms with Gasteiger partial charge in [0, 0.05) is 16.8 Å². The van der Waals surface area contributed by atoms with E-state index in [4.69, 9.17) is 0 Å². The highest BCUT2D eigenvalue weighted by atomic mass is 19.1. The summed E-state index contributed by atoms with van der Waals surface area (Å²) < 4.78 is 17.4. The van der Waals surface area contributed by atoms with Crippen molar-refractivity contribution in [3.8, 4) is 0 Å². The molecule has 0 aliphatic heterocycles. The van der Waals surface area contributed by atoms with E-state index in [1.54, 1.807) is 12.1 Å². The van der Waals surface area contributed by atoms with Crippen LogP contribution in [0, 0.1) is 5.82 Å². The Morgan fingerprint density at radius 1 is 1.07 bits per heavy atom. The van der Waals surface area contributed by atoms with Crippen LogP contribution in [0.3, 0.4) is 0 Å². The molecule has 0 saturated heterocycles. The molecule has 0 radical (unpaired) electrons. The van der Waals surface area contributed by atoms with Gasteiger partial charge in [-0.25, -0.2) is 9.18 Å². The van der Waals surface area contributed by atoms with E-state index >= 15 is 0 Å². The lowest BCUT2D eigenvalue weighted by molar-refractivity contribution is -0.159. The van der Waals surface area contributed by atoms with Crippen molar-refractivity contribution in [1.82, 2.24) is 5.32 Å². The minimum Gasteiger partial charge on any atom is -0.467 e. The molecule has 142 valence electrons. The summed E-state index contributed by atoms with van der Waals surface area (Å²) in [5.41, 5.74) is -1.02. The lowest BCUT2D eigenvalue weighted by Gasteiger charge is -2.20. The second-order valence-corrected chi connectivity index (χ2v) is 5.99. The summed E-state index contributed by atoms with van der Waals surface area (Å²) in [5, 5.41) is 15.0. The lowest BCUT2D eigenvalue weighted by atomic mass is 10.1. The van der Waals surface area contributed by atoms with Gasteiger partial charge in [-0.15, -0.1) is 0 Å². The Bertz CT molecular complexity index is 849. The van der Waals surface area contributed by atoms with Gasteiger partial charge in [0.1, 0.15) is 5.82 Å². The molecule has 0 spiro atoms. The van der Waals surface area contributed by atoms with Crippen LogP contribution in [0.25, 0.3) is 0 Å². The molecular formula is C19H19FN2O5. The molecule has 0 bridgehead atoms. The minimum atomic E-state index is -1.86. The predicted molar refractivity (Wildman–Crippen MR) is 95.8 cm³/mol. The number of hydrogen-bond donors (Lipinski definition) is 3. The second-order valence-electron chi connectivity index (χ2n) is 5.99. The molecule has 0 aromatic heterocycles. The lowest BCUT2D eigenvalue weighted by Crippen LogP contribution is -2.47. The number of ether oxygens (including phenoxy) is 1. The molecule has 2 rings (SSSR count). The highest BCUT2D eigenvalue weighted by Gasteiger charge is 2.31. The fraction of sp³-hybridized carbons (Fsp3) is 0.211. The Labute approximate surface area is 155 Å². The summed E-state index contributed by atoms with van der Waals surface area (Å²) in [6, 6.07) is 11.1. The molecule has 1 atom stereocenters. The van der Waals surface area contributed by atoms with Gasteiger partial charge in [0.05, 0.1) is 13.7 Å². The Morgan fingerprint density at radius 2 is 1.74 bits per heavy atom. The average Bonchev–Trinajstić information content (AvgIpc) is 2.66. The number of aliphatic hydroxyl groups is 1. The van der Waals surface area contributed by atoms with Crippen molar-refractivity contribution in [1.29, 1.82) is 0 Å². The maximum atomic E-state index is 12.9. The zero-order valence-electron chi connectivity index (χ0n) is 14.8. The van der Waals surface area contributed by atoms with E-state index in [-0.39, 0.29) is 17.7 Å². The molecule has 27 heavy (non-hydrogen) atoms. The molecule has 2 aromatic carbocycles. The molecule has 0 aliphatic rings. The third-order valence-corrected chi connectivity index (χ3v) is 3.71. The number of methoxy groups -OCH3 is 1. The molecule has 1 unspecified atom stereocenters. The third-order valence-electron chi connectivity index (χ3n) is 3.71. The van der Waals surface area contributed by atoms with Crippen molar-refractivity contribution < 1.29 is 28.6 Å². The van der Waals surface area contributed by atoms with Crippen molar-refractivity contribution in [2.24, 2.45) is 0 Å². The second kappa shape index (κ2) is 8.41. The number of esters is 1. The topological polar surface area (TPSA) is 105 Å². The number of carbonyl (C=O) groups excluding carboxylic acids is 3. The smallest absolute Gasteiger partial charge is 0.339 e. The van der Waals surface area contributed by atoms with Crippen LogP contribution in [0.4, 0.5) is 10.1 Å². The van der Waals surface area contributed by atoms with E-state index < -0.39 is 29.2 Å². The standard InChI is InChI=1S/C19H19FN2O5/c1-19(26,18(25)27-2)11-21-16(23)13-4-3-5-15(10-13)22-17(24)12-6-8-14(20)9-7-12/h3-10,26H,11H2,1-2H3,(H,21,23)(H,22,24). The SMILES string of the molecule is COC(=O)C(C)(O)CNC(=O)c1cccc(NC(=O)c2ccc(F)cc2)c1. The van der Waals surface area contributed by atoms with E-state index in [1.165, 1.54) is 43.3 Å². The van der Waals surface area contributed by atoms with Gasteiger partial charge in [-0.3, -0.25) is 9.59 Å². The van der Waals surface area contributed by atoms with Gasteiger partial charge < -0.3 is 20.5 Å². The van der Waals surface area contributed by atoms with Gasteiger partial charge in [0.15, 0.2) is 5.60 Å². The van der Waals surface area contributed by atoms with E-state index in [9.17, 15) is 23.9 Å². The average molecular weight is 374 g/mol. The van der Waals surface area contributed by atoms with Crippen LogP contribution in [0.1, 0.15) is 27.6 Å². The molecule has 0 aliphatic carbocycles. The van der Waals surface area contributed by atoms with Crippen molar-refractivity contribution in [3.63, 3.8) is 0 Å². The summed E-state index contributed by atoms with van der Waals surface area (Å²) in [7, 11) is 1.13. The molecule has 2 amide bonds. The van der Waals surface area contributed by atoms with Crippen LogP contribution in [-0.4, -0.2) is 42.1 Å². The summed E-state index contributed by atoms with van der Waals surface area (Å²) in [6.45, 7) is 0.878. The van der Waals surface area contributed by atoms with Crippen molar-refractivity contribution in [3.05, 3.63) is 65.5 Å². The van der Waals surface area contributed by atoms with Crippen LogP contribution < -0.4 is 10.6 Å². The fourth-order valence-electron chi connectivity index (χ4n) is 2.19. The first-order chi connectivity index (χ1) is 12.7. The maximum Gasteiger partial charge on any atom is 0.339 e. The number of halogens is 1. The van der Waals surface area contributed by atoms with Crippen LogP contribution in [0.2, 0.25) is 0 Å². The number of hydrogen-bond acceptors (Lipinski definition) is 5. The number of anilines is 1. The molecule has 0 saturated carbocycles. The van der Waals surface area contributed by atoms with Gasteiger partial charge >= 0.3 is 5.97 Å². The zero-order valence-corrected chi connectivity index (χ0v) is 14.8. The zero-order chi connectivity index (χ0) is 20.0. The van der Waals surface area contributed by atoms with E-state index in [0.717, 1.165) is 7.11 Å². The molecule has 0 heterocycles. The third kappa shape index (κ3) is 5.35. The van der Waals surface area contributed by atoms with Crippen molar-refractivity contribution in [2.75, 3.05) is 19.0 Å². The fourth-order valence-corrected chi connectivity index (χ4v) is 2.19. The molecule has 2 aromatic rings. The summed E-state index contributed by atoms with van der Waals surface area (Å²) >= 11 is 0. The van der Waals surface area contributed by atoms with Gasteiger partial charge in [0.2, 0.25) is 0 Å². The normalized spacial score (nSPS) is 12.6. The van der Waals surface area contributed by atoms with Crippen LogP contribution in [-0.2, 0) is 9.53 Å². The number of carbonyl (C=O) groups is 3. The highest BCUT2D eigenvalue weighted by molar-refractivity contribution is 6.05. The Hall–Kier alpha value is -3.26. The predicted octanol–water partition coefficient (Wildman–Crippen LogP) is 1.73. The Kier molecular flexibility index (Phi) is 6.25. The van der Waals surface area contributed by atoms with Crippen LogP contribution >= 0.6 is 0 Å². The molecule has 3 N–H and O–H groups in total. The largest absolute Gasteiger partial charge is 0.467 e. The summed E-state index contributed by atoms with van der Waals surface area (Å²) in [4.78, 5) is 35.8. The number of benzene rings is 2. The van der Waals surface area contributed by atoms with Crippen molar-refractivity contribution >= 4 is 23.5 Å². The number of nitrogens with one attached hydrogen (secondary N) is 2. The molecule has 0 fully saturated rings. The first-order valence-electron chi connectivity index (χ1n) is 7.99. The first kappa shape index (κ1) is 20.1. The number of rotatable bonds is 6. The van der Waals surface area contributed by atoms with Gasteiger partial charge in [-0.1, -0.05) is 6.07 Å². The minimum absolute atomic E-state index is 0.215. The molecular weight excluding hydrogens is 355 g/mol. The van der Waals surface area contributed by atoms with Gasteiger partial charge in [-0.2, -0.15) is 0 Å². The van der Waals surface area contributed by atoms with E-state index in [2.05, 4.69) is 15.4 Å². The maximum absolute atomic E-state index is 12.9. The van der Waals surface area contributed by atoms with E-state index in [1.807, 2.05) is 0 Å². The van der Waals surface area contributed by atoms with Crippen molar-refractivity contribution in [2.45, 2.75) is 12.5 Å². The van der Waals surface area contributed by atoms with Crippen LogP contribution in [0.15, 0.2) is 48.5 Å². The molecule has 8 heteroatoms. The first-order valence-corrected chi connectivity index (χ1v) is 7.99. The van der Waals surface area contributed by atoms with Gasteiger partial charge in [-0.05, 0) is 49.4 Å². The van der Waals surface area contributed by atoms with Gasteiger partial charge in [0.25, 0.3) is 11.8 Å². The quantitative estimate of drug-likeness (QED) is 0.668. The Balaban J connectivity index is 2.04. The Morgan fingerprint density at radius 3 is 2.37 bits per heavy atom. The summed E-state index contributed by atoms with van der Waals surface area (Å²) in [6.07, 6.45) is 0. The number of amides is 2. The van der Waals surface area contributed by atoms with Crippen LogP contribution in [0.5, 0.6) is 0 Å². The summed E-state index contributed by atoms with van der Waals surface area (Å²) in [5.74, 6) is -2.32.